The molecule has 0 aromatic rings. The second-order valence-electron chi connectivity index (χ2n) is 2.00. The first-order valence-electron chi connectivity index (χ1n) is 3.16. The van der Waals surface area contributed by atoms with Gasteiger partial charge >= 0.3 is 0 Å². The van der Waals surface area contributed by atoms with Crippen LogP contribution in [0.1, 0.15) is 19.3 Å². The summed E-state index contributed by atoms with van der Waals surface area (Å²) in [4.78, 5) is 0. The Morgan fingerprint density at radius 2 is 2.00 bits per heavy atom. The number of hydrogen-bond donors (Lipinski definition) is 2. The molecule has 0 fully saturated rings. The van der Waals surface area contributed by atoms with E-state index in [4.69, 9.17) is 21.8 Å². The molecule has 3 heteroatoms. The largest absolute Gasteiger partial charge is 0.396 e. The van der Waals surface area contributed by atoms with Crippen LogP contribution in [0, 0.1) is 0 Å². The number of aliphatic hydroxyl groups is 2. The Morgan fingerprint density at radius 1 is 1.33 bits per heavy atom. The molecule has 2 nitrogen and oxygen atoms in total. The van der Waals surface area contributed by atoms with Crippen molar-refractivity contribution in [2.24, 2.45) is 0 Å². The number of rotatable bonds is 5. The molecule has 0 heterocycles. The lowest BCUT2D eigenvalue weighted by Gasteiger charge is -2.05. The normalized spacial score (nSPS) is 13.7. The zero-order valence-corrected chi connectivity index (χ0v) is 6.14. The van der Waals surface area contributed by atoms with E-state index in [-0.39, 0.29) is 12.7 Å². The van der Waals surface area contributed by atoms with Gasteiger partial charge in [-0.1, -0.05) is 0 Å². The Labute approximate surface area is 60.5 Å². The van der Waals surface area contributed by atoms with Crippen LogP contribution in [0.25, 0.3) is 0 Å². The van der Waals surface area contributed by atoms with E-state index >= 15 is 0 Å². The highest BCUT2D eigenvalue weighted by molar-refractivity contribution is 6.17. The fourth-order valence-corrected chi connectivity index (χ4v) is 0.760. The van der Waals surface area contributed by atoms with Crippen LogP contribution in [-0.4, -0.2) is 28.8 Å². The topological polar surface area (TPSA) is 40.5 Å². The third-order valence-electron chi connectivity index (χ3n) is 1.13. The molecule has 9 heavy (non-hydrogen) atoms. The van der Waals surface area contributed by atoms with Crippen molar-refractivity contribution in [3.05, 3.63) is 0 Å². The third-order valence-corrected chi connectivity index (χ3v) is 1.40. The van der Waals surface area contributed by atoms with E-state index in [1.165, 1.54) is 0 Å². The van der Waals surface area contributed by atoms with E-state index in [1.54, 1.807) is 0 Å². The van der Waals surface area contributed by atoms with Crippen LogP contribution in [-0.2, 0) is 0 Å². The zero-order chi connectivity index (χ0) is 7.11. The van der Waals surface area contributed by atoms with Gasteiger partial charge in [0.2, 0.25) is 0 Å². The number of aliphatic hydroxyl groups excluding tert-OH is 2. The standard InChI is InChI=1S/C6H13ClO2/c7-4-1-2-6(9)3-5-8/h6,8-9H,1-5H2/t6-/m0/s1. The van der Waals surface area contributed by atoms with E-state index < -0.39 is 0 Å². The predicted octanol–water partition coefficient (Wildman–Crippen LogP) is 0.749. The number of hydrogen-bond acceptors (Lipinski definition) is 2. The molecule has 0 aromatic heterocycles. The highest BCUT2D eigenvalue weighted by Crippen LogP contribution is 2.01. The van der Waals surface area contributed by atoms with Crippen LogP contribution < -0.4 is 0 Å². The van der Waals surface area contributed by atoms with Crippen molar-refractivity contribution in [1.82, 2.24) is 0 Å². The van der Waals surface area contributed by atoms with Crippen LogP contribution in [0.2, 0.25) is 0 Å². The van der Waals surface area contributed by atoms with Gasteiger partial charge in [-0.3, -0.25) is 0 Å². The van der Waals surface area contributed by atoms with E-state index in [1.807, 2.05) is 0 Å². The summed E-state index contributed by atoms with van der Waals surface area (Å²) in [5.74, 6) is 0.586. The van der Waals surface area contributed by atoms with E-state index in [9.17, 15) is 0 Å². The molecule has 0 aliphatic rings. The van der Waals surface area contributed by atoms with Gasteiger partial charge < -0.3 is 10.2 Å². The lowest BCUT2D eigenvalue weighted by Crippen LogP contribution is -2.08. The SMILES string of the molecule is OCC[C@@H](O)CCCCl. The first-order valence-corrected chi connectivity index (χ1v) is 3.69. The van der Waals surface area contributed by atoms with Crippen molar-refractivity contribution in [2.75, 3.05) is 12.5 Å². The van der Waals surface area contributed by atoms with Crippen molar-refractivity contribution in [3.8, 4) is 0 Å². The summed E-state index contributed by atoms with van der Waals surface area (Å²) in [6.45, 7) is 0.0590. The molecule has 0 aliphatic carbocycles. The molecule has 0 rings (SSSR count). The minimum atomic E-state index is -0.367. The summed E-state index contributed by atoms with van der Waals surface area (Å²) >= 11 is 5.37. The molecule has 0 spiro atoms. The maximum absolute atomic E-state index is 8.96. The average molecular weight is 153 g/mol. The molecule has 0 amide bonds. The molecule has 0 aliphatic heterocycles. The van der Waals surface area contributed by atoms with Gasteiger partial charge in [-0.25, -0.2) is 0 Å². The van der Waals surface area contributed by atoms with Crippen LogP contribution >= 0.6 is 11.6 Å². The molecular formula is C6H13ClO2. The van der Waals surface area contributed by atoms with Gasteiger partial charge in [0.15, 0.2) is 0 Å². The smallest absolute Gasteiger partial charge is 0.0562 e. The number of alkyl halides is 1. The van der Waals surface area contributed by atoms with Gasteiger partial charge in [0.25, 0.3) is 0 Å². The number of halogens is 1. The highest BCUT2D eigenvalue weighted by atomic mass is 35.5. The molecule has 0 bridgehead atoms. The molecule has 2 N–H and O–H groups in total. The monoisotopic (exact) mass is 152 g/mol. The minimum absolute atomic E-state index is 0.0590. The van der Waals surface area contributed by atoms with Gasteiger partial charge in [-0.05, 0) is 19.3 Å². The summed E-state index contributed by atoms with van der Waals surface area (Å²) in [5, 5.41) is 17.3. The van der Waals surface area contributed by atoms with Gasteiger partial charge in [0.1, 0.15) is 0 Å². The van der Waals surface area contributed by atoms with E-state index in [0.717, 1.165) is 6.42 Å². The second kappa shape index (κ2) is 6.33. The van der Waals surface area contributed by atoms with Gasteiger partial charge in [-0.15, -0.1) is 11.6 Å². The lowest BCUT2D eigenvalue weighted by atomic mass is 10.1. The van der Waals surface area contributed by atoms with Crippen molar-refractivity contribution < 1.29 is 10.2 Å². The molecule has 0 aromatic carbocycles. The first kappa shape index (κ1) is 9.21. The van der Waals surface area contributed by atoms with Gasteiger partial charge in [-0.2, -0.15) is 0 Å². The maximum Gasteiger partial charge on any atom is 0.0562 e. The fourth-order valence-electron chi connectivity index (χ4n) is 0.606. The quantitative estimate of drug-likeness (QED) is 0.571. The molecule has 56 valence electrons. The summed E-state index contributed by atoms with van der Waals surface area (Å²) in [7, 11) is 0. The van der Waals surface area contributed by atoms with Crippen molar-refractivity contribution in [3.63, 3.8) is 0 Å². The third kappa shape index (κ3) is 6.09. The highest BCUT2D eigenvalue weighted by Gasteiger charge is 2.00. The zero-order valence-electron chi connectivity index (χ0n) is 5.39. The summed E-state index contributed by atoms with van der Waals surface area (Å²) < 4.78 is 0. The first-order chi connectivity index (χ1) is 4.31. The Bertz CT molecular complexity index is 59.0. The molecule has 0 radical (unpaired) electrons. The van der Waals surface area contributed by atoms with Crippen molar-refractivity contribution >= 4 is 11.6 Å². The lowest BCUT2D eigenvalue weighted by molar-refractivity contribution is 0.124. The van der Waals surface area contributed by atoms with E-state index in [0.29, 0.717) is 18.7 Å². The van der Waals surface area contributed by atoms with Crippen LogP contribution in [0.15, 0.2) is 0 Å². The van der Waals surface area contributed by atoms with E-state index in [2.05, 4.69) is 0 Å². The maximum atomic E-state index is 8.96. The molecule has 1 atom stereocenters. The van der Waals surface area contributed by atoms with Crippen molar-refractivity contribution in [2.45, 2.75) is 25.4 Å². The Hall–Kier alpha value is 0.210. The Morgan fingerprint density at radius 3 is 2.44 bits per heavy atom. The Balaban J connectivity index is 2.95. The molecule has 0 unspecified atom stereocenters. The molecule has 0 saturated carbocycles. The summed E-state index contributed by atoms with van der Waals surface area (Å²) in [6, 6.07) is 0. The molecule has 0 saturated heterocycles. The van der Waals surface area contributed by atoms with Crippen LogP contribution in [0.5, 0.6) is 0 Å². The summed E-state index contributed by atoms with van der Waals surface area (Å²) in [5.41, 5.74) is 0. The predicted molar refractivity (Wildman–Crippen MR) is 37.7 cm³/mol. The Kier molecular flexibility index (Phi) is 6.48. The van der Waals surface area contributed by atoms with Crippen LogP contribution in [0.4, 0.5) is 0 Å². The van der Waals surface area contributed by atoms with Gasteiger partial charge in [0.05, 0.1) is 6.10 Å². The summed E-state index contributed by atoms with van der Waals surface area (Å²) in [6.07, 6.45) is 1.62. The second-order valence-corrected chi connectivity index (χ2v) is 2.38. The van der Waals surface area contributed by atoms with Crippen molar-refractivity contribution in [1.29, 1.82) is 0 Å². The fraction of sp³-hybridized carbons (Fsp3) is 1.00. The minimum Gasteiger partial charge on any atom is -0.396 e. The van der Waals surface area contributed by atoms with Crippen LogP contribution in [0.3, 0.4) is 0 Å². The molecular weight excluding hydrogens is 140 g/mol. The average Bonchev–Trinajstić information content (AvgIpc) is 1.85. The van der Waals surface area contributed by atoms with Gasteiger partial charge in [0, 0.05) is 12.5 Å².